The van der Waals surface area contributed by atoms with Crippen LogP contribution >= 0.6 is 15.9 Å². The summed E-state index contributed by atoms with van der Waals surface area (Å²) in [7, 11) is 2.82. The number of halogens is 1. The van der Waals surface area contributed by atoms with E-state index in [1.54, 1.807) is 79.9 Å². The van der Waals surface area contributed by atoms with Gasteiger partial charge in [0.25, 0.3) is 5.91 Å². The van der Waals surface area contributed by atoms with Gasteiger partial charge >= 0.3 is 5.97 Å². The van der Waals surface area contributed by atoms with Crippen LogP contribution < -0.4 is 19.1 Å². The molecule has 1 aliphatic rings. The molecule has 0 radical (unpaired) electrons. The van der Waals surface area contributed by atoms with Crippen molar-refractivity contribution in [3.8, 4) is 17.2 Å². The quantitative estimate of drug-likeness (QED) is 0.153. The molecular formula is C28H24BrNO7. The van der Waals surface area contributed by atoms with Gasteiger partial charge in [0.05, 0.1) is 25.4 Å². The Hall–Kier alpha value is -4.11. The number of nitrogens with zero attached hydrogens (tertiary/aromatic N) is 1. The van der Waals surface area contributed by atoms with Gasteiger partial charge in [-0.05, 0) is 60.7 Å². The van der Waals surface area contributed by atoms with Crippen LogP contribution in [0.2, 0.25) is 0 Å². The number of carbonyl (C=O) groups excluding carboxylic acids is 3. The zero-order chi connectivity index (χ0) is 26.4. The number of aldehydes is 1. The normalized spacial score (nSPS) is 17.0. The van der Waals surface area contributed by atoms with E-state index in [2.05, 4.69) is 15.9 Å². The third-order valence-electron chi connectivity index (χ3n) is 5.75. The maximum absolute atomic E-state index is 13.2. The van der Waals surface area contributed by atoms with Gasteiger partial charge in [-0.25, -0.2) is 4.79 Å². The molecule has 1 amide bonds. The summed E-state index contributed by atoms with van der Waals surface area (Å²) in [5, 5.41) is 0. The predicted molar refractivity (Wildman–Crippen MR) is 140 cm³/mol. The number of carbonyl (C=O) groups is 3. The van der Waals surface area contributed by atoms with E-state index in [0.29, 0.717) is 34.8 Å². The number of para-hydroxylation sites is 1. The Morgan fingerprint density at radius 3 is 2.38 bits per heavy atom. The first-order chi connectivity index (χ1) is 17.9. The molecule has 0 saturated carbocycles. The van der Waals surface area contributed by atoms with Gasteiger partial charge in [0, 0.05) is 10.2 Å². The van der Waals surface area contributed by atoms with E-state index in [1.807, 2.05) is 6.07 Å². The van der Waals surface area contributed by atoms with Crippen molar-refractivity contribution in [3.63, 3.8) is 0 Å². The summed E-state index contributed by atoms with van der Waals surface area (Å²) in [4.78, 5) is 38.9. The van der Waals surface area contributed by atoms with Gasteiger partial charge < -0.3 is 18.9 Å². The first-order valence-corrected chi connectivity index (χ1v) is 12.1. The summed E-state index contributed by atoms with van der Waals surface area (Å²) in [6.07, 6.45) is 1.40. The minimum atomic E-state index is -0.873. The number of hydrogen-bond acceptors (Lipinski definition) is 7. The number of methoxy groups -OCH3 is 2. The predicted octanol–water partition coefficient (Wildman–Crippen LogP) is 4.61. The molecule has 3 aromatic carbocycles. The summed E-state index contributed by atoms with van der Waals surface area (Å²) < 4.78 is 22.7. The molecule has 1 fully saturated rings. The number of benzene rings is 3. The molecule has 4 rings (SSSR count). The first kappa shape index (κ1) is 26.0. The molecule has 0 unspecified atom stereocenters. The molecule has 0 aromatic heterocycles. The third kappa shape index (κ3) is 5.83. The van der Waals surface area contributed by atoms with Crippen molar-refractivity contribution in [3.05, 3.63) is 94.5 Å². The van der Waals surface area contributed by atoms with Crippen LogP contribution in [0.5, 0.6) is 17.2 Å². The van der Waals surface area contributed by atoms with Crippen LogP contribution in [0.4, 0.5) is 5.69 Å². The van der Waals surface area contributed by atoms with Crippen molar-refractivity contribution in [1.29, 1.82) is 0 Å². The molecule has 1 aliphatic heterocycles. The van der Waals surface area contributed by atoms with E-state index >= 15 is 0 Å². The van der Waals surface area contributed by atoms with E-state index in [0.717, 1.165) is 4.47 Å². The van der Waals surface area contributed by atoms with Gasteiger partial charge in [-0.1, -0.05) is 34.1 Å². The van der Waals surface area contributed by atoms with Gasteiger partial charge in [0.1, 0.15) is 29.9 Å². The Kier molecular flexibility index (Phi) is 8.25. The fraction of sp³-hybridized carbons (Fsp3) is 0.179. The molecule has 9 heteroatoms. The highest BCUT2D eigenvalue weighted by Crippen LogP contribution is 2.34. The van der Waals surface area contributed by atoms with E-state index < -0.39 is 18.1 Å². The summed E-state index contributed by atoms with van der Waals surface area (Å²) in [5.74, 6) is 0.579. The van der Waals surface area contributed by atoms with E-state index in [9.17, 15) is 14.4 Å². The fourth-order valence-electron chi connectivity index (χ4n) is 3.86. The fourth-order valence-corrected chi connectivity index (χ4v) is 4.24. The zero-order valence-electron chi connectivity index (χ0n) is 20.1. The molecule has 1 heterocycles. The smallest absolute Gasteiger partial charge is 0.336 e. The van der Waals surface area contributed by atoms with E-state index in [1.165, 1.54) is 12.0 Å². The van der Waals surface area contributed by atoms with Crippen LogP contribution in [0.25, 0.3) is 0 Å². The number of amides is 1. The Bertz CT molecular complexity index is 1310. The van der Waals surface area contributed by atoms with Crippen molar-refractivity contribution in [2.45, 2.75) is 12.1 Å². The monoisotopic (exact) mass is 565 g/mol. The topological polar surface area (TPSA) is 91.4 Å². The van der Waals surface area contributed by atoms with Crippen LogP contribution in [0, 0.1) is 0 Å². The molecule has 0 N–H and O–H groups in total. The number of rotatable bonds is 10. The highest BCUT2D eigenvalue weighted by Gasteiger charge is 2.49. The number of hydrogen-bond donors (Lipinski definition) is 0. The largest absolute Gasteiger partial charge is 0.497 e. The molecular weight excluding hydrogens is 542 g/mol. The van der Waals surface area contributed by atoms with Gasteiger partial charge in [-0.15, -0.1) is 0 Å². The van der Waals surface area contributed by atoms with Crippen molar-refractivity contribution in [2.24, 2.45) is 0 Å². The average Bonchev–Trinajstić information content (AvgIpc) is 2.94. The molecule has 0 bridgehead atoms. The van der Waals surface area contributed by atoms with Gasteiger partial charge in [0.15, 0.2) is 6.29 Å². The number of anilines is 1. The molecule has 3 aromatic rings. The SMILES string of the molecule is COC(=O)/C(=C\[C@H]1[C@H](Oc2ccccc2)C(=O)N1c1ccc(OC)cc1)COc1ccc(Br)cc1C=O. The Morgan fingerprint density at radius 2 is 1.73 bits per heavy atom. The Balaban J connectivity index is 1.66. The molecule has 190 valence electrons. The molecule has 0 aliphatic carbocycles. The lowest BCUT2D eigenvalue weighted by Gasteiger charge is -2.45. The summed E-state index contributed by atoms with van der Waals surface area (Å²) in [5.41, 5.74) is 1.10. The maximum atomic E-state index is 13.2. The summed E-state index contributed by atoms with van der Waals surface area (Å²) in [6.45, 7) is -0.186. The van der Waals surface area contributed by atoms with Gasteiger partial charge in [0.2, 0.25) is 6.10 Å². The van der Waals surface area contributed by atoms with Crippen LogP contribution in [-0.2, 0) is 14.3 Å². The number of esters is 1. The highest BCUT2D eigenvalue weighted by molar-refractivity contribution is 9.10. The van der Waals surface area contributed by atoms with Crippen LogP contribution in [0.1, 0.15) is 10.4 Å². The van der Waals surface area contributed by atoms with Crippen molar-refractivity contribution >= 4 is 39.8 Å². The lowest BCUT2D eigenvalue weighted by atomic mass is 9.94. The van der Waals surface area contributed by atoms with E-state index in [-0.39, 0.29) is 18.1 Å². The standard InChI is InChI=1S/C28H24BrNO7/c1-34-22-11-9-21(10-12-22)30-24(26(27(30)32)37-23-6-4-3-5-7-23)15-19(28(33)35-2)17-36-25-13-8-20(29)14-18(25)16-31/h3-16,24,26H,17H2,1-2H3/b19-15-/t24-,26-/m0/s1. The first-order valence-electron chi connectivity index (χ1n) is 11.3. The van der Waals surface area contributed by atoms with Gasteiger partial charge in [-0.2, -0.15) is 0 Å². The summed E-state index contributed by atoms with van der Waals surface area (Å²) >= 11 is 3.32. The molecule has 0 spiro atoms. The van der Waals surface area contributed by atoms with Crippen LogP contribution in [0.15, 0.2) is 88.9 Å². The van der Waals surface area contributed by atoms with Crippen LogP contribution in [0.3, 0.4) is 0 Å². The molecule has 2 atom stereocenters. The zero-order valence-corrected chi connectivity index (χ0v) is 21.7. The van der Waals surface area contributed by atoms with Crippen molar-refractivity contribution in [2.75, 3.05) is 25.7 Å². The maximum Gasteiger partial charge on any atom is 0.336 e. The van der Waals surface area contributed by atoms with Crippen molar-refractivity contribution < 1.29 is 33.3 Å². The Labute approximate surface area is 222 Å². The van der Waals surface area contributed by atoms with Crippen LogP contribution in [-0.4, -0.2) is 51.1 Å². The second-order valence-electron chi connectivity index (χ2n) is 8.02. The second kappa shape index (κ2) is 11.7. The van der Waals surface area contributed by atoms with E-state index in [4.69, 9.17) is 18.9 Å². The average molecular weight is 566 g/mol. The molecule has 37 heavy (non-hydrogen) atoms. The van der Waals surface area contributed by atoms with Gasteiger partial charge in [-0.3, -0.25) is 14.5 Å². The lowest BCUT2D eigenvalue weighted by molar-refractivity contribution is -0.137. The highest BCUT2D eigenvalue weighted by atomic mass is 79.9. The summed E-state index contributed by atoms with van der Waals surface area (Å²) in [6, 6.07) is 20.3. The number of ether oxygens (including phenoxy) is 4. The van der Waals surface area contributed by atoms with Crippen molar-refractivity contribution in [1.82, 2.24) is 0 Å². The molecule has 1 saturated heterocycles. The Morgan fingerprint density at radius 1 is 1.00 bits per heavy atom. The minimum Gasteiger partial charge on any atom is -0.497 e. The second-order valence-corrected chi connectivity index (χ2v) is 8.94. The number of β-lactam (4-membered cyclic amide) rings is 1. The molecule has 8 nitrogen and oxygen atoms in total. The third-order valence-corrected chi connectivity index (χ3v) is 6.24. The lowest BCUT2D eigenvalue weighted by Crippen LogP contribution is -2.67. The minimum absolute atomic E-state index is 0.167.